The van der Waals surface area contributed by atoms with Gasteiger partial charge >= 0.3 is 0 Å². The fraction of sp³-hybridized carbons (Fsp3) is 0.0500. The van der Waals surface area contributed by atoms with Crippen LogP contribution in [0.4, 0.5) is 21.6 Å². The van der Waals surface area contributed by atoms with E-state index in [1.54, 1.807) is 18.2 Å². The predicted octanol–water partition coefficient (Wildman–Crippen LogP) is 3.30. The summed E-state index contributed by atoms with van der Waals surface area (Å²) in [5.74, 6) is -0.0979. The molecule has 5 N–H and O–H groups in total. The highest BCUT2D eigenvalue weighted by atomic mass is 19.1. The van der Waals surface area contributed by atoms with E-state index in [4.69, 9.17) is 15.9 Å². The summed E-state index contributed by atoms with van der Waals surface area (Å²) in [6.45, 7) is 1.81. The van der Waals surface area contributed by atoms with Gasteiger partial charge in [0.05, 0.1) is 11.3 Å². The zero-order valence-corrected chi connectivity index (χ0v) is 14.9. The lowest BCUT2D eigenvalue weighted by atomic mass is 10.0. The third-order valence-corrected chi connectivity index (χ3v) is 4.40. The number of aliphatic imine (C=N–C) groups is 1. The van der Waals surface area contributed by atoms with Gasteiger partial charge in [0.2, 0.25) is 0 Å². The third kappa shape index (κ3) is 2.90. The number of halogens is 1. The fourth-order valence-corrected chi connectivity index (χ4v) is 3.00. The van der Waals surface area contributed by atoms with Crippen LogP contribution in [0.3, 0.4) is 0 Å². The Hall–Kier alpha value is -3.94. The molecule has 0 saturated carbocycles. The minimum atomic E-state index is -0.593. The zero-order valence-electron chi connectivity index (χ0n) is 14.9. The number of rotatable bonds is 3. The van der Waals surface area contributed by atoms with Gasteiger partial charge in [0.15, 0.2) is 11.6 Å². The summed E-state index contributed by atoms with van der Waals surface area (Å²) < 4.78 is 19.5. The standard InChI is InChI=1S/C20H16FN5O2/c1-10-13-8-7-11(21)9-14(13)28-18(10)17(24-12-5-3-2-4-6-12)15-16(22)20(27)26-25-19(15)23/h2-9H,1H3,(H,26,27)(H4,22,23,25). The molecule has 140 valence electrons. The van der Waals surface area contributed by atoms with Crippen LogP contribution in [-0.4, -0.2) is 15.9 Å². The quantitative estimate of drug-likeness (QED) is 0.473. The Balaban J connectivity index is 2.06. The monoisotopic (exact) mass is 377 g/mol. The number of benzene rings is 2. The minimum Gasteiger partial charge on any atom is -0.454 e. The first-order valence-electron chi connectivity index (χ1n) is 8.42. The second-order valence-corrected chi connectivity index (χ2v) is 6.22. The molecule has 0 saturated heterocycles. The maximum atomic E-state index is 13.6. The smallest absolute Gasteiger partial charge is 0.288 e. The van der Waals surface area contributed by atoms with Gasteiger partial charge in [-0.3, -0.25) is 4.79 Å². The van der Waals surface area contributed by atoms with E-state index in [-0.39, 0.29) is 22.8 Å². The van der Waals surface area contributed by atoms with E-state index < -0.39 is 11.4 Å². The van der Waals surface area contributed by atoms with Crippen LogP contribution in [0.2, 0.25) is 0 Å². The Bertz CT molecular complexity index is 1280. The summed E-state index contributed by atoms with van der Waals surface area (Å²) in [5.41, 5.74) is 13.3. The topological polar surface area (TPSA) is 123 Å². The highest BCUT2D eigenvalue weighted by Gasteiger charge is 2.24. The zero-order chi connectivity index (χ0) is 19.8. The molecule has 4 aromatic rings. The van der Waals surface area contributed by atoms with E-state index in [2.05, 4.69) is 15.2 Å². The van der Waals surface area contributed by atoms with Crippen molar-refractivity contribution in [2.24, 2.45) is 4.99 Å². The molecule has 0 radical (unpaired) electrons. The van der Waals surface area contributed by atoms with Gasteiger partial charge in [-0.15, -0.1) is 0 Å². The van der Waals surface area contributed by atoms with E-state index in [9.17, 15) is 9.18 Å². The highest BCUT2D eigenvalue weighted by molar-refractivity contribution is 6.19. The van der Waals surface area contributed by atoms with Crippen LogP contribution in [-0.2, 0) is 0 Å². The van der Waals surface area contributed by atoms with Crippen molar-refractivity contribution in [2.45, 2.75) is 6.92 Å². The Morgan fingerprint density at radius 3 is 2.68 bits per heavy atom. The predicted molar refractivity (Wildman–Crippen MR) is 106 cm³/mol. The molecule has 0 spiro atoms. The Morgan fingerprint density at radius 2 is 1.93 bits per heavy atom. The van der Waals surface area contributed by atoms with Gasteiger partial charge in [0, 0.05) is 17.0 Å². The van der Waals surface area contributed by atoms with Gasteiger partial charge in [0.1, 0.15) is 22.8 Å². The van der Waals surface area contributed by atoms with Gasteiger partial charge < -0.3 is 15.9 Å². The summed E-state index contributed by atoms with van der Waals surface area (Å²) in [5, 5.41) is 6.75. The molecule has 0 atom stereocenters. The molecule has 0 amide bonds. The minimum absolute atomic E-state index is 0.00202. The van der Waals surface area contributed by atoms with Crippen molar-refractivity contribution in [3.63, 3.8) is 0 Å². The normalized spacial score (nSPS) is 11.9. The number of para-hydroxylation sites is 1. The lowest BCUT2D eigenvalue weighted by Crippen LogP contribution is -2.22. The number of nitrogens with zero attached hydrogens (tertiary/aromatic N) is 2. The second-order valence-electron chi connectivity index (χ2n) is 6.22. The van der Waals surface area contributed by atoms with E-state index in [1.807, 2.05) is 25.1 Å². The van der Waals surface area contributed by atoms with Crippen LogP contribution in [0.15, 0.2) is 62.7 Å². The van der Waals surface area contributed by atoms with E-state index >= 15 is 0 Å². The van der Waals surface area contributed by atoms with Crippen LogP contribution in [0.5, 0.6) is 0 Å². The molecule has 0 fully saturated rings. The highest BCUT2D eigenvalue weighted by Crippen LogP contribution is 2.31. The summed E-state index contributed by atoms with van der Waals surface area (Å²) in [7, 11) is 0. The largest absolute Gasteiger partial charge is 0.454 e. The maximum absolute atomic E-state index is 13.6. The van der Waals surface area contributed by atoms with Gasteiger partial charge in [-0.2, -0.15) is 5.10 Å². The Labute approximate surface area is 158 Å². The molecule has 0 bridgehead atoms. The summed E-state index contributed by atoms with van der Waals surface area (Å²) >= 11 is 0. The van der Waals surface area contributed by atoms with Crippen LogP contribution >= 0.6 is 0 Å². The molecule has 0 aliphatic heterocycles. The van der Waals surface area contributed by atoms with E-state index in [1.165, 1.54) is 12.1 Å². The average Bonchev–Trinajstić information content (AvgIpc) is 3.00. The van der Waals surface area contributed by atoms with Crippen LogP contribution in [0.1, 0.15) is 16.9 Å². The number of aromatic nitrogens is 2. The van der Waals surface area contributed by atoms with Gasteiger partial charge in [-0.05, 0) is 31.2 Å². The first-order valence-corrected chi connectivity index (χ1v) is 8.42. The molecular weight excluding hydrogens is 361 g/mol. The number of hydrogen-bond acceptors (Lipinski definition) is 6. The van der Waals surface area contributed by atoms with Crippen molar-refractivity contribution in [1.82, 2.24) is 10.2 Å². The van der Waals surface area contributed by atoms with Crippen LogP contribution in [0.25, 0.3) is 11.0 Å². The number of aryl methyl sites for hydroxylation is 1. The Kier molecular flexibility index (Phi) is 4.15. The number of hydrogen-bond donors (Lipinski definition) is 3. The SMILES string of the molecule is Cc1c(C(=Nc2ccccc2)c2c(N)n[nH]c(=O)c2N)oc2cc(F)ccc12. The number of nitrogens with one attached hydrogen (secondary N) is 1. The van der Waals surface area contributed by atoms with Crippen molar-refractivity contribution in [2.75, 3.05) is 11.5 Å². The average molecular weight is 377 g/mol. The number of anilines is 2. The van der Waals surface area contributed by atoms with Crippen LogP contribution < -0.4 is 17.0 Å². The summed E-state index contributed by atoms with van der Waals surface area (Å²) in [6, 6.07) is 13.3. The molecule has 0 aliphatic carbocycles. The van der Waals surface area contributed by atoms with Crippen molar-refractivity contribution >= 4 is 33.9 Å². The Morgan fingerprint density at radius 1 is 1.18 bits per heavy atom. The number of nitrogen functional groups attached to an aromatic ring is 2. The van der Waals surface area contributed by atoms with E-state index in [0.29, 0.717) is 28.0 Å². The third-order valence-electron chi connectivity index (χ3n) is 4.40. The van der Waals surface area contributed by atoms with Gasteiger partial charge in [-0.1, -0.05) is 18.2 Å². The first-order chi connectivity index (χ1) is 13.5. The van der Waals surface area contributed by atoms with Crippen LogP contribution in [0, 0.1) is 12.7 Å². The molecule has 2 aromatic heterocycles. The maximum Gasteiger partial charge on any atom is 0.288 e. The number of furan rings is 1. The molecule has 0 unspecified atom stereocenters. The van der Waals surface area contributed by atoms with Crippen molar-refractivity contribution < 1.29 is 8.81 Å². The van der Waals surface area contributed by atoms with Crippen molar-refractivity contribution in [3.8, 4) is 0 Å². The number of H-pyrrole nitrogens is 1. The number of fused-ring (bicyclic) bond motifs is 1. The molecular formula is C20H16FN5O2. The van der Waals surface area contributed by atoms with Crippen molar-refractivity contribution in [3.05, 3.63) is 81.6 Å². The summed E-state index contributed by atoms with van der Waals surface area (Å²) in [6.07, 6.45) is 0. The van der Waals surface area contributed by atoms with Gasteiger partial charge in [0.25, 0.3) is 5.56 Å². The molecule has 8 heteroatoms. The number of aromatic amines is 1. The van der Waals surface area contributed by atoms with E-state index in [0.717, 1.165) is 0 Å². The second kappa shape index (κ2) is 6.66. The van der Waals surface area contributed by atoms with Crippen molar-refractivity contribution in [1.29, 1.82) is 0 Å². The number of nitrogens with two attached hydrogens (primary N) is 2. The lowest BCUT2D eigenvalue weighted by Gasteiger charge is -2.10. The molecule has 0 aliphatic rings. The molecule has 2 heterocycles. The molecule has 7 nitrogen and oxygen atoms in total. The molecule has 2 aromatic carbocycles. The van der Waals surface area contributed by atoms with Gasteiger partial charge in [-0.25, -0.2) is 14.5 Å². The first kappa shape index (κ1) is 17.5. The summed E-state index contributed by atoms with van der Waals surface area (Å²) in [4.78, 5) is 16.7. The lowest BCUT2D eigenvalue weighted by molar-refractivity contribution is 0.590. The molecule has 28 heavy (non-hydrogen) atoms. The molecule has 4 rings (SSSR count). The fourth-order valence-electron chi connectivity index (χ4n) is 3.00.